The molecule has 0 radical (unpaired) electrons. The second-order valence-electron chi connectivity index (χ2n) is 4.90. The van der Waals surface area contributed by atoms with Gasteiger partial charge in [-0.05, 0) is 29.2 Å². The molecule has 4 nitrogen and oxygen atoms in total. The van der Waals surface area contributed by atoms with Crippen LogP contribution in [0.4, 0.5) is 11.6 Å². The maximum Gasteiger partial charge on any atom is 0.229 e. The minimum Gasteiger partial charge on any atom is -0.326 e. The van der Waals surface area contributed by atoms with Gasteiger partial charge in [0.2, 0.25) is 5.95 Å². The van der Waals surface area contributed by atoms with Crippen LogP contribution in [-0.2, 0) is 6.54 Å². The molecular weight excluding hydrogens is 236 g/mol. The lowest BCUT2D eigenvalue weighted by atomic mass is 10.1. The zero-order valence-corrected chi connectivity index (χ0v) is 11.7. The molecule has 0 aliphatic heterocycles. The Labute approximate surface area is 114 Å². The Morgan fingerprint density at radius 2 is 1.68 bits per heavy atom. The molecule has 0 bridgehead atoms. The van der Waals surface area contributed by atoms with Crippen molar-refractivity contribution in [1.82, 2.24) is 9.97 Å². The smallest absolute Gasteiger partial charge is 0.229 e. The number of hydrogen-bond acceptors (Lipinski definition) is 4. The molecule has 2 rings (SSSR count). The van der Waals surface area contributed by atoms with Crippen molar-refractivity contribution < 1.29 is 0 Å². The zero-order chi connectivity index (χ0) is 13.8. The number of nitrogens with two attached hydrogens (primary N) is 1. The second-order valence-corrected chi connectivity index (χ2v) is 4.90. The lowest BCUT2D eigenvalue weighted by Gasteiger charge is -2.17. The molecule has 1 aromatic carbocycles. The average Bonchev–Trinajstić information content (AvgIpc) is 2.46. The van der Waals surface area contributed by atoms with E-state index in [0.29, 0.717) is 18.4 Å². The van der Waals surface area contributed by atoms with E-state index < -0.39 is 0 Å². The molecular formula is C15H20N4. The molecule has 0 atom stereocenters. The first kappa shape index (κ1) is 13.5. The van der Waals surface area contributed by atoms with Gasteiger partial charge in [0.25, 0.3) is 0 Å². The molecule has 100 valence electrons. The van der Waals surface area contributed by atoms with Gasteiger partial charge in [-0.25, -0.2) is 9.97 Å². The van der Waals surface area contributed by atoms with Gasteiger partial charge in [0.05, 0.1) is 0 Å². The van der Waals surface area contributed by atoms with E-state index in [1.165, 1.54) is 0 Å². The molecule has 4 heteroatoms. The van der Waals surface area contributed by atoms with Gasteiger partial charge in [0, 0.05) is 31.7 Å². The van der Waals surface area contributed by atoms with E-state index in [2.05, 4.69) is 23.8 Å². The van der Waals surface area contributed by atoms with Crippen LogP contribution in [0.3, 0.4) is 0 Å². The Balaban J connectivity index is 2.20. The highest BCUT2D eigenvalue weighted by atomic mass is 15.2. The molecule has 0 amide bonds. The quantitative estimate of drug-likeness (QED) is 0.914. The predicted octanol–water partition coefficient (Wildman–Crippen LogP) is 2.83. The van der Waals surface area contributed by atoms with Crippen LogP contribution in [0, 0.1) is 0 Å². The topological polar surface area (TPSA) is 55.0 Å². The number of aromatic nitrogens is 2. The number of benzene rings is 1. The molecule has 19 heavy (non-hydrogen) atoms. The Kier molecular flexibility index (Phi) is 4.12. The summed E-state index contributed by atoms with van der Waals surface area (Å²) in [6, 6.07) is 8.10. The third kappa shape index (κ3) is 3.09. The van der Waals surface area contributed by atoms with Gasteiger partial charge < -0.3 is 10.6 Å². The van der Waals surface area contributed by atoms with E-state index in [0.717, 1.165) is 16.8 Å². The predicted molar refractivity (Wildman–Crippen MR) is 78.5 cm³/mol. The Hall–Kier alpha value is -1.94. The highest BCUT2D eigenvalue weighted by Gasteiger charge is 2.07. The van der Waals surface area contributed by atoms with Gasteiger partial charge in [-0.2, -0.15) is 0 Å². The Morgan fingerprint density at radius 1 is 1.11 bits per heavy atom. The fourth-order valence-electron chi connectivity index (χ4n) is 1.77. The number of rotatable bonds is 4. The van der Waals surface area contributed by atoms with Crippen LogP contribution in [0.15, 0.2) is 36.7 Å². The van der Waals surface area contributed by atoms with Crippen molar-refractivity contribution in [2.75, 3.05) is 11.9 Å². The Morgan fingerprint density at radius 3 is 2.16 bits per heavy atom. The van der Waals surface area contributed by atoms with Gasteiger partial charge in [0.1, 0.15) is 0 Å². The monoisotopic (exact) mass is 256 g/mol. The summed E-state index contributed by atoms with van der Waals surface area (Å²) in [5, 5.41) is 0. The molecule has 0 fully saturated rings. The van der Waals surface area contributed by atoms with Crippen molar-refractivity contribution in [3.63, 3.8) is 0 Å². The third-order valence-corrected chi connectivity index (χ3v) is 3.18. The molecule has 0 aliphatic carbocycles. The molecule has 0 saturated heterocycles. The van der Waals surface area contributed by atoms with Crippen LogP contribution >= 0.6 is 0 Å². The summed E-state index contributed by atoms with van der Waals surface area (Å²) in [7, 11) is 1.96. The summed E-state index contributed by atoms with van der Waals surface area (Å²) in [5.74, 6) is 1.15. The highest BCUT2D eigenvalue weighted by molar-refractivity contribution is 5.56. The SMILES string of the molecule is CC(C)c1cnc(N(C)c2ccc(CN)cc2)nc1. The van der Waals surface area contributed by atoms with E-state index in [1.807, 2.05) is 48.6 Å². The minimum atomic E-state index is 0.447. The van der Waals surface area contributed by atoms with Crippen LogP contribution in [0.25, 0.3) is 0 Å². The second kappa shape index (κ2) is 5.80. The first-order chi connectivity index (χ1) is 9.11. The van der Waals surface area contributed by atoms with Crippen molar-refractivity contribution >= 4 is 11.6 Å². The van der Waals surface area contributed by atoms with Gasteiger partial charge in [0.15, 0.2) is 0 Å². The summed E-state index contributed by atoms with van der Waals surface area (Å²) in [6.45, 7) is 4.82. The van der Waals surface area contributed by atoms with Crippen LogP contribution in [0.5, 0.6) is 0 Å². The van der Waals surface area contributed by atoms with Crippen molar-refractivity contribution in [3.05, 3.63) is 47.8 Å². The van der Waals surface area contributed by atoms with Crippen LogP contribution in [0.1, 0.15) is 30.9 Å². The molecule has 2 aromatic rings. The Bertz CT molecular complexity index is 517. The lowest BCUT2D eigenvalue weighted by molar-refractivity contribution is 0.842. The van der Waals surface area contributed by atoms with Crippen LogP contribution < -0.4 is 10.6 Å². The lowest BCUT2D eigenvalue weighted by Crippen LogP contribution is -2.13. The molecule has 0 spiro atoms. The molecule has 1 heterocycles. The standard InChI is InChI=1S/C15H20N4/c1-11(2)13-9-17-15(18-10-13)19(3)14-6-4-12(8-16)5-7-14/h4-7,9-11H,8,16H2,1-3H3. The fraction of sp³-hybridized carbons (Fsp3) is 0.333. The maximum absolute atomic E-state index is 5.59. The molecule has 0 saturated carbocycles. The number of hydrogen-bond donors (Lipinski definition) is 1. The summed E-state index contributed by atoms with van der Waals surface area (Å²) in [4.78, 5) is 10.8. The van der Waals surface area contributed by atoms with Crippen molar-refractivity contribution in [1.29, 1.82) is 0 Å². The molecule has 1 aromatic heterocycles. The number of nitrogens with zero attached hydrogens (tertiary/aromatic N) is 3. The van der Waals surface area contributed by atoms with Crippen molar-refractivity contribution in [3.8, 4) is 0 Å². The molecule has 0 unspecified atom stereocenters. The van der Waals surface area contributed by atoms with Crippen molar-refractivity contribution in [2.24, 2.45) is 5.73 Å². The van der Waals surface area contributed by atoms with Gasteiger partial charge >= 0.3 is 0 Å². The maximum atomic E-state index is 5.59. The summed E-state index contributed by atoms with van der Waals surface area (Å²) >= 11 is 0. The van der Waals surface area contributed by atoms with Crippen molar-refractivity contribution in [2.45, 2.75) is 26.3 Å². The zero-order valence-electron chi connectivity index (χ0n) is 11.7. The normalized spacial score (nSPS) is 10.8. The minimum absolute atomic E-state index is 0.447. The number of anilines is 2. The first-order valence-electron chi connectivity index (χ1n) is 6.46. The van der Waals surface area contributed by atoms with Gasteiger partial charge in [-0.3, -0.25) is 0 Å². The van der Waals surface area contributed by atoms with E-state index >= 15 is 0 Å². The summed E-state index contributed by atoms with van der Waals surface area (Å²) < 4.78 is 0. The summed E-state index contributed by atoms with van der Waals surface area (Å²) in [6.07, 6.45) is 3.77. The van der Waals surface area contributed by atoms with Crippen LogP contribution in [0.2, 0.25) is 0 Å². The summed E-state index contributed by atoms with van der Waals surface area (Å²) in [5.41, 5.74) is 8.91. The first-order valence-corrected chi connectivity index (χ1v) is 6.46. The highest BCUT2D eigenvalue weighted by Crippen LogP contribution is 2.21. The van der Waals surface area contributed by atoms with Gasteiger partial charge in [-0.1, -0.05) is 26.0 Å². The van der Waals surface area contributed by atoms with E-state index in [-0.39, 0.29) is 0 Å². The molecule has 0 aliphatic rings. The average molecular weight is 256 g/mol. The molecule has 2 N–H and O–H groups in total. The third-order valence-electron chi connectivity index (χ3n) is 3.18. The van der Waals surface area contributed by atoms with E-state index in [1.54, 1.807) is 0 Å². The van der Waals surface area contributed by atoms with Gasteiger partial charge in [-0.15, -0.1) is 0 Å². The fourth-order valence-corrected chi connectivity index (χ4v) is 1.77. The largest absolute Gasteiger partial charge is 0.326 e. The van der Waals surface area contributed by atoms with E-state index in [9.17, 15) is 0 Å². The van der Waals surface area contributed by atoms with E-state index in [4.69, 9.17) is 5.73 Å². The van der Waals surface area contributed by atoms with Crippen LogP contribution in [-0.4, -0.2) is 17.0 Å².